The van der Waals surface area contributed by atoms with Crippen molar-refractivity contribution in [1.82, 2.24) is 10.2 Å². The number of amides is 1. The van der Waals surface area contributed by atoms with E-state index in [0.717, 1.165) is 32.5 Å². The quantitative estimate of drug-likeness (QED) is 0.620. The normalized spacial score (nSPS) is 15.7. The van der Waals surface area contributed by atoms with Crippen LogP contribution in [-0.4, -0.2) is 35.4 Å². The molecule has 0 spiro atoms. The van der Waals surface area contributed by atoms with E-state index in [2.05, 4.69) is 27.0 Å². The van der Waals surface area contributed by atoms with E-state index in [1.165, 1.54) is 11.6 Å². The number of nitro benzene ring substituents is 1. The molecule has 0 aliphatic carbocycles. The van der Waals surface area contributed by atoms with Crippen LogP contribution < -0.4 is 5.32 Å². The molecule has 0 bridgehead atoms. The minimum absolute atomic E-state index is 0.0145. The lowest BCUT2D eigenvalue weighted by molar-refractivity contribution is -0.385. The number of thiophene rings is 1. The highest BCUT2D eigenvalue weighted by Gasteiger charge is 2.22. The molecule has 2 aromatic rings. The Morgan fingerprint density at radius 2 is 2.12 bits per heavy atom. The van der Waals surface area contributed by atoms with Gasteiger partial charge in [-0.15, -0.1) is 0 Å². The number of carbonyl (C=O) groups is 1. The van der Waals surface area contributed by atoms with E-state index >= 15 is 0 Å². The van der Waals surface area contributed by atoms with Crippen LogP contribution in [0.15, 0.2) is 35.0 Å². The Labute approximate surface area is 157 Å². The molecule has 2 heterocycles. The molecule has 0 radical (unpaired) electrons. The molecule has 1 aromatic carbocycles. The summed E-state index contributed by atoms with van der Waals surface area (Å²) >= 11 is 1.73. The maximum atomic E-state index is 12.4. The second-order valence-corrected chi connectivity index (χ2v) is 7.55. The van der Waals surface area contributed by atoms with Crippen molar-refractivity contribution >= 4 is 22.9 Å². The van der Waals surface area contributed by atoms with E-state index in [4.69, 9.17) is 0 Å². The summed E-state index contributed by atoms with van der Waals surface area (Å²) in [6, 6.07) is 6.79. The van der Waals surface area contributed by atoms with Crippen LogP contribution in [0.25, 0.3) is 0 Å². The van der Waals surface area contributed by atoms with Crippen molar-refractivity contribution in [1.29, 1.82) is 0 Å². The number of hydrogen-bond acceptors (Lipinski definition) is 5. The lowest BCUT2D eigenvalue weighted by Gasteiger charge is -2.31. The van der Waals surface area contributed by atoms with Crippen LogP contribution in [0.2, 0.25) is 0 Å². The number of nitro groups is 1. The molecule has 1 saturated heterocycles. The molecule has 26 heavy (non-hydrogen) atoms. The van der Waals surface area contributed by atoms with Gasteiger partial charge in [0.25, 0.3) is 11.6 Å². The number of piperidine rings is 1. The molecule has 0 saturated carbocycles. The van der Waals surface area contributed by atoms with E-state index in [-0.39, 0.29) is 11.6 Å². The summed E-state index contributed by atoms with van der Waals surface area (Å²) < 4.78 is 0. The third-order valence-electron chi connectivity index (χ3n) is 4.99. The van der Waals surface area contributed by atoms with Crippen molar-refractivity contribution in [3.63, 3.8) is 0 Å². The number of nitrogens with zero attached hydrogens (tertiary/aromatic N) is 2. The molecule has 1 aromatic heterocycles. The summed E-state index contributed by atoms with van der Waals surface area (Å²) in [6.07, 6.45) is 2.11. The van der Waals surface area contributed by atoms with Crippen molar-refractivity contribution in [2.75, 3.05) is 19.6 Å². The zero-order chi connectivity index (χ0) is 18.5. The van der Waals surface area contributed by atoms with Crippen molar-refractivity contribution in [2.24, 2.45) is 5.92 Å². The van der Waals surface area contributed by atoms with Gasteiger partial charge in [0.1, 0.15) is 0 Å². The first-order valence-electron chi connectivity index (χ1n) is 8.80. The predicted molar refractivity (Wildman–Crippen MR) is 102 cm³/mol. The molecule has 0 atom stereocenters. The largest absolute Gasteiger partial charge is 0.352 e. The summed E-state index contributed by atoms with van der Waals surface area (Å²) in [6.45, 7) is 5.30. The molecule has 138 valence electrons. The van der Waals surface area contributed by atoms with Gasteiger partial charge < -0.3 is 5.32 Å². The minimum Gasteiger partial charge on any atom is -0.352 e. The molecule has 1 aliphatic rings. The second kappa shape index (κ2) is 8.42. The lowest BCUT2D eigenvalue weighted by Crippen LogP contribution is -2.38. The maximum Gasteiger partial charge on any atom is 0.273 e. The average Bonchev–Trinajstić information content (AvgIpc) is 3.14. The molecular weight excluding hydrogens is 350 g/mol. The topological polar surface area (TPSA) is 75.5 Å². The maximum absolute atomic E-state index is 12.4. The van der Waals surface area contributed by atoms with Crippen molar-refractivity contribution < 1.29 is 9.72 Å². The molecule has 1 fully saturated rings. The fraction of sp³-hybridized carbons (Fsp3) is 0.421. The third kappa shape index (κ3) is 4.47. The van der Waals surface area contributed by atoms with Gasteiger partial charge in [0.05, 0.1) is 4.92 Å². The Morgan fingerprint density at radius 1 is 1.35 bits per heavy atom. The second-order valence-electron chi connectivity index (χ2n) is 6.77. The molecular formula is C19H23N3O3S. The molecule has 6 nitrogen and oxygen atoms in total. The summed E-state index contributed by atoms with van der Waals surface area (Å²) in [4.78, 5) is 25.4. The standard InChI is InChI=1S/C19H23N3O3S/c1-14-17(3-2-4-18(14)22(24)25)19(23)20-11-15-5-8-21(9-6-15)12-16-7-10-26-13-16/h2-4,7,10,13,15H,5-6,8-9,11-12H2,1H3,(H,20,23). The van der Waals surface area contributed by atoms with Crippen LogP contribution in [-0.2, 0) is 6.54 Å². The van der Waals surface area contributed by atoms with Gasteiger partial charge in [-0.2, -0.15) is 11.3 Å². The van der Waals surface area contributed by atoms with Gasteiger partial charge in [-0.1, -0.05) is 6.07 Å². The van der Waals surface area contributed by atoms with Gasteiger partial charge >= 0.3 is 0 Å². The predicted octanol–water partition coefficient (Wildman–Crippen LogP) is 3.61. The Kier molecular flexibility index (Phi) is 6.00. The lowest BCUT2D eigenvalue weighted by atomic mass is 9.96. The van der Waals surface area contributed by atoms with Crippen LogP contribution in [0.5, 0.6) is 0 Å². The monoisotopic (exact) mass is 373 g/mol. The zero-order valence-corrected chi connectivity index (χ0v) is 15.6. The Morgan fingerprint density at radius 3 is 2.77 bits per heavy atom. The molecule has 7 heteroatoms. The number of hydrogen-bond donors (Lipinski definition) is 1. The van der Waals surface area contributed by atoms with Gasteiger partial charge in [-0.25, -0.2) is 0 Å². The smallest absolute Gasteiger partial charge is 0.273 e. The van der Waals surface area contributed by atoms with Gasteiger partial charge in [0, 0.05) is 30.3 Å². The molecule has 1 amide bonds. The number of carbonyl (C=O) groups excluding carboxylic acids is 1. The first kappa shape index (κ1) is 18.5. The number of nitrogens with one attached hydrogen (secondary N) is 1. The van der Waals surface area contributed by atoms with Crippen LogP contribution in [0.3, 0.4) is 0 Å². The highest BCUT2D eigenvalue weighted by molar-refractivity contribution is 7.07. The van der Waals surface area contributed by atoms with E-state index in [0.29, 0.717) is 23.6 Å². The first-order valence-corrected chi connectivity index (χ1v) is 9.74. The summed E-state index contributed by atoms with van der Waals surface area (Å²) in [5.41, 5.74) is 2.15. The average molecular weight is 373 g/mol. The number of rotatable bonds is 6. The molecule has 1 aliphatic heterocycles. The van der Waals surface area contributed by atoms with Crippen molar-refractivity contribution in [3.05, 3.63) is 61.8 Å². The molecule has 0 unspecified atom stereocenters. The first-order chi connectivity index (χ1) is 12.5. The number of benzene rings is 1. The van der Waals surface area contributed by atoms with Gasteiger partial charge in [-0.05, 0) is 67.2 Å². The highest BCUT2D eigenvalue weighted by atomic mass is 32.1. The van der Waals surface area contributed by atoms with Gasteiger partial charge in [0.2, 0.25) is 0 Å². The van der Waals surface area contributed by atoms with E-state index in [9.17, 15) is 14.9 Å². The van der Waals surface area contributed by atoms with Crippen molar-refractivity contribution in [3.8, 4) is 0 Å². The van der Waals surface area contributed by atoms with E-state index < -0.39 is 4.92 Å². The van der Waals surface area contributed by atoms with Crippen LogP contribution in [0.1, 0.15) is 34.3 Å². The summed E-state index contributed by atoms with van der Waals surface area (Å²) in [5, 5.41) is 18.3. The van der Waals surface area contributed by atoms with Crippen LogP contribution >= 0.6 is 11.3 Å². The minimum atomic E-state index is -0.449. The van der Waals surface area contributed by atoms with Crippen molar-refractivity contribution in [2.45, 2.75) is 26.3 Å². The SMILES string of the molecule is Cc1c(C(=O)NCC2CCN(Cc3ccsc3)CC2)cccc1[N+](=O)[O-]. The molecule has 3 rings (SSSR count). The fourth-order valence-corrected chi connectivity index (χ4v) is 4.05. The zero-order valence-electron chi connectivity index (χ0n) is 14.8. The van der Waals surface area contributed by atoms with Gasteiger partial charge in [0.15, 0.2) is 0 Å². The fourth-order valence-electron chi connectivity index (χ4n) is 3.39. The van der Waals surface area contributed by atoms with E-state index in [1.807, 2.05) is 0 Å². The third-order valence-corrected chi connectivity index (χ3v) is 5.72. The Bertz CT molecular complexity index is 768. The van der Waals surface area contributed by atoms with Gasteiger partial charge in [-0.3, -0.25) is 19.8 Å². The number of likely N-dealkylation sites (tertiary alicyclic amines) is 1. The Balaban J connectivity index is 1.48. The highest BCUT2D eigenvalue weighted by Crippen LogP contribution is 2.22. The van der Waals surface area contributed by atoms with E-state index in [1.54, 1.807) is 30.4 Å². The van der Waals surface area contributed by atoms with Crippen LogP contribution in [0.4, 0.5) is 5.69 Å². The summed E-state index contributed by atoms with van der Waals surface area (Å²) in [7, 11) is 0. The Hall–Kier alpha value is -2.25. The van der Waals surface area contributed by atoms with Crippen LogP contribution in [0, 0.1) is 23.0 Å². The summed E-state index contributed by atoms with van der Waals surface area (Å²) in [5.74, 6) is 0.226. The molecule has 1 N–H and O–H groups in total.